The SMILES string of the molecule is CC(C)(C)C(F)c1noc2cc(Nc3n[nH]c4cccnc34)ccc12.CC(C)(C)Cc1noc2cc(Nc3[nH]nc4ncc(F)cc34)cc(F)c12.CC(C)(C)Cc1noc2cc(Nc3[nH]nc4ncccc34)cc(F)c12.CC(C)(C)Cc1noc2cc(Nc3[nH]nc4nccnc34)cc(F)c12.CCCCC(F)c1noc2cc(Nc3n[nH]c4cccnc34)ccc12. The molecule has 646 valence electrons. The van der Waals surface area contributed by atoms with Gasteiger partial charge >= 0.3 is 0 Å². The average Bonchev–Trinajstić information content (AvgIpc) is 1.64. The number of unbranched alkanes of at least 4 members (excludes halogenated alkanes) is 1. The van der Waals surface area contributed by atoms with E-state index >= 15 is 0 Å². The summed E-state index contributed by atoms with van der Waals surface area (Å²) in [6.45, 7) is 26.2. The van der Waals surface area contributed by atoms with E-state index in [-0.39, 0.29) is 27.9 Å². The van der Waals surface area contributed by atoms with Gasteiger partial charge in [0.15, 0.2) is 68.4 Å². The van der Waals surface area contributed by atoms with Gasteiger partial charge in [0.05, 0.1) is 61.2 Å². The highest BCUT2D eigenvalue weighted by Gasteiger charge is 2.32. The zero-order valence-electron chi connectivity index (χ0n) is 70.8. The number of nitrogens with one attached hydrogen (secondary N) is 10. The number of hydrogen-bond acceptors (Lipinski definition) is 26. The van der Waals surface area contributed by atoms with Crippen molar-refractivity contribution in [1.29, 1.82) is 0 Å². The molecule has 20 aromatic rings. The first-order valence-electron chi connectivity index (χ1n) is 40.5. The van der Waals surface area contributed by atoms with Crippen molar-refractivity contribution < 1.29 is 49.0 Å². The summed E-state index contributed by atoms with van der Waals surface area (Å²) in [6, 6.07) is 32.7. The highest BCUT2D eigenvalue weighted by molar-refractivity contribution is 5.96. The van der Waals surface area contributed by atoms with Crippen LogP contribution in [0.15, 0.2) is 175 Å². The molecule has 2 atom stereocenters. The molecule has 20 rings (SSSR count). The van der Waals surface area contributed by atoms with Gasteiger partial charge in [-0.3, -0.25) is 35.5 Å². The van der Waals surface area contributed by atoms with Crippen LogP contribution in [0.25, 0.3) is 110 Å². The van der Waals surface area contributed by atoms with Gasteiger partial charge in [0.2, 0.25) is 5.65 Å². The van der Waals surface area contributed by atoms with Crippen LogP contribution in [0.3, 0.4) is 0 Å². The molecule has 0 saturated carbocycles. The van der Waals surface area contributed by atoms with Crippen LogP contribution in [-0.4, -0.2) is 107 Å². The summed E-state index contributed by atoms with van der Waals surface area (Å²) in [4.78, 5) is 25.0. The predicted molar refractivity (Wildman–Crippen MR) is 470 cm³/mol. The van der Waals surface area contributed by atoms with E-state index in [2.05, 4.69) is 196 Å². The lowest BCUT2D eigenvalue weighted by molar-refractivity contribution is 0.156. The molecule has 15 heterocycles. The van der Waals surface area contributed by atoms with Crippen molar-refractivity contribution in [2.45, 2.75) is 141 Å². The number of H-pyrrole nitrogens is 5. The smallest absolute Gasteiger partial charge is 0.201 e. The molecular weight excluding hydrogens is 1630 g/mol. The Morgan fingerprint density at radius 2 is 0.786 bits per heavy atom. The highest BCUT2D eigenvalue weighted by Crippen LogP contribution is 2.42. The molecule has 31 nitrogen and oxygen atoms in total. The van der Waals surface area contributed by atoms with Crippen molar-refractivity contribution in [3.05, 3.63) is 204 Å². The van der Waals surface area contributed by atoms with Gasteiger partial charge in [-0.05, 0) is 132 Å². The van der Waals surface area contributed by atoms with Gasteiger partial charge in [-0.2, -0.15) is 25.5 Å². The van der Waals surface area contributed by atoms with Crippen molar-refractivity contribution in [2.75, 3.05) is 26.6 Å². The number of aromatic nitrogens is 21. The third-order valence-electron chi connectivity index (χ3n) is 19.9. The quantitative estimate of drug-likeness (QED) is 0.0357. The van der Waals surface area contributed by atoms with E-state index in [9.17, 15) is 26.3 Å². The van der Waals surface area contributed by atoms with E-state index < -0.39 is 29.4 Å². The van der Waals surface area contributed by atoms with Gasteiger partial charge in [0.1, 0.15) is 63.5 Å². The molecule has 0 fully saturated rings. The fourth-order valence-corrected chi connectivity index (χ4v) is 14.1. The van der Waals surface area contributed by atoms with Crippen molar-refractivity contribution in [1.82, 2.24) is 107 Å². The van der Waals surface area contributed by atoms with E-state index in [0.717, 1.165) is 57.9 Å². The zero-order valence-corrected chi connectivity index (χ0v) is 70.8. The number of benzene rings is 5. The second kappa shape index (κ2) is 34.8. The summed E-state index contributed by atoms with van der Waals surface area (Å²) in [5, 5.41) is 74.4. The Kier molecular flexibility index (Phi) is 23.4. The number of alkyl halides is 2. The minimum atomic E-state index is -1.20. The van der Waals surface area contributed by atoms with Crippen LogP contribution in [0.4, 0.5) is 83.9 Å². The lowest BCUT2D eigenvalue weighted by atomic mass is 9.87. The number of pyridine rings is 4. The van der Waals surface area contributed by atoms with Crippen molar-refractivity contribution in [3.63, 3.8) is 0 Å². The lowest BCUT2D eigenvalue weighted by Crippen LogP contribution is -2.14. The summed E-state index contributed by atoms with van der Waals surface area (Å²) in [5.74, 6) is 1.20. The van der Waals surface area contributed by atoms with Crippen LogP contribution in [-0.2, 0) is 19.3 Å². The van der Waals surface area contributed by atoms with E-state index in [1.54, 1.807) is 61.3 Å². The fourth-order valence-electron chi connectivity index (χ4n) is 14.1. The molecular formula is C89H88F6N26O5. The lowest BCUT2D eigenvalue weighted by Gasteiger charge is -2.21. The summed E-state index contributed by atoms with van der Waals surface area (Å²) in [7, 11) is 0. The molecule has 2 unspecified atom stereocenters. The molecule has 0 aliphatic heterocycles. The molecule has 5 aromatic carbocycles. The van der Waals surface area contributed by atoms with Crippen LogP contribution in [0.1, 0.15) is 150 Å². The molecule has 0 spiro atoms. The Labute approximate surface area is 713 Å². The average molecular weight is 1720 g/mol. The van der Waals surface area contributed by atoms with E-state index in [1.165, 1.54) is 24.3 Å². The van der Waals surface area contributed by atoms with Crippen LogP contribution >= 0.6 is 0 Å². The van der Waals surface area contributed by atoms with Crippen LogP contribution in [0.2, 0.25) is 0 Å². The Hall–Kier alpha value is -14.9. The van der Waals surface area contributed by atoms with Crippen molar-refractivity contribution >= 4 is 168 Å². The predicted octanol–water partition coefficient (Wildman–Crippen LogP) is 23.2. The summed E-state index contributed by atoms with van der Waals surface area (Å²) in [5.41, 5.74) is 12.5. The van der Waals surface area contributed by atoms with E-state index in [0.29, 0.717) is 183 Å². The first-order valence-corrected chi connectivity index (χ1v) is 40.5. The number of halogens is 6. The summed E-state index contributed by atoms with van der Waals surface area (Å²) >= 11 is 0. The maximum atomic E-state index is 14.7. The standard InChI is InChI=1S/C18H17F2N5O.3C18H18FN5O.C17H17FN6O/c1-18(2,3)7-13-15-12(20)5-10(6-14(15)26-25-13)22-17-11-4-9(19)8-21-16(11)23-24-17;1-18(2,3)16(19)14-11-7-6-10(9-13(11)25-24-14)21-17-15-12(22-23-17)5-4-8-20-15;1-18(2,3)9-13-15-12(19)7-10(8-14(15)25-24-13)21-17-11-5-4-6-20-16(11)22-23-17;1-2-3-5-13(19)16-12-8-7-11(10-15(12)25-24-16)21-18-17-14(22-23-18)6-4-9-20-17;1-17(2,3)8-11-13-10(18)6-9(7-12(13)25-24-11)21-16-14-15(22-23-16)20-5-4-19-14/h4-6,8H,7H2,1-3H3,(H2,21,22,23,24);4-9,16H,1-3H3,(H2,21,22,23);4-8H,9H2,1-3H3,(H2,20,21,22,23);4,6-10,13H,2-3,5H2,1H3,(H2,21,22,23);4-7H,8H2,1-3H3,(H2,20,21,22,23). The molecule has 0 radical (unpaired) electrons. The second-order valence-corrected chi connectivity index (χ2v) is 35.0. The molecule has 10 N–H and O–H groups in total. The number of anilines is 10. The molecule has 0 amide bonds. The van der Waals surface area contributed by atoms with Gasteiger partial charge in [-0.15, -0.1) is 0 Å². The second-order valence-electron chi connectivity index (χ2n) is 35.0. The van der Waals surface area contributed by atoms with Crippen LogP contribution in [0, 0.1) is 44.9 Å². The molecule has 0 aliphatic rings. The number of fused-ring (bicyclic) bond motifs is 10. The van der Waals surface area contributed by atoms with Crippen molar-refractivity contribution in [3.8, 4) is 0 Å². The molecule has 37 heteroatoms. The number of nitrogens with zero attached hydrogens (tertiary/aromatic N) is 16. The Bertz CT molecular complexity index is 7100. The minimum Gasteiger partial charge on any atom is -0.356 e. The van der Waals surface area contributed by atoms with Crippen molar-refractivity contribution in [2.24, 2.45) is 21.7 Å². The summed E-state index contributed by atoms with van der Waals surface area (Å²) in [6.07, 6.45) is 11.1. The molecule has 0 aliphatic carbocycles. The van der Waals surface area contributed by atoms with E-state index in [4.69, 9.17) is 22.6 Å². The Morgan fingerprint density at radius 3 is 1.29 bits per heavy atom. The molecule has 15 aromatic heterocycles. The topological polar surface area (TPSA) is 411 Å². The van der Waals surface area contributed by atoms with Crippen LogP contribution < -0.4 is 26.6 Å². The summed E-state index contributed by atoms with van der Waals surface area (Å²) < 4.78 is 113. The number of rotatable bonds is 18. The maximum Gasteiger partial charge on any atom is 0.201 e. The Balaban J connectivity index is 0.000000116. The largest absolute Gasteiger partial charge is 0.356 e. The minimum absolute atomic E-state index is 0.00496. The maximum absolute atomic E-state index is 14.7. The van der Waals surface area contributed by atoms with Crippen LogP contribution in [0.5, 0.6) is 0 Å². The molecule has 0 saturated heterocycles. The third-order valence-corrected chi connectivity index (χ3v) is 19.9. The first-order chi connectivity index (χ1) is 60.3. The van der Waals surface area contributed by atoms with Gasteiger partial charge in [-0.1, -0.05) is 129 Å². The number of hydrogen-bond donors (Lipinski definition) is 10. The third kappa shape index (κ3) is 19.0. The number of aromatic amines is 5. The molecule has 126 heavy (non-hydrogen) atoms. The zero-order chi connectivity index (χ0) is 88.5. The molecule has 0 bridgehead atoms. The highest BCUT2D eigenvalue weighted by atomic mass is 19.2. The van der Waals surface area contributed by atoms with Gasteiger partial charge in [0.25, 0.3) is 0 Å². The van der Waals surface area contributed by atoms with E-state index in [1.807, 2.05) is 88.4 Å². The monoisotopic (exact) mass is 1710 g/mol. The Morgan fingerprint density at radius 1 is 0.373 bits per heavy atom. The van der Waals surface area contributed by atoms with Gasteiger partial charge in [0, 0.05) is 101 Å². The van der Waals surface area contributed by atoms with Gasteiger partial charge < -0.3 is 49.2 Å². The fraction of sp³-hybridized carbons (Fsp3) is 0.281. The normalized spacial score (nSPS) is 12.5. The first kappa shape index (κ1) is 84.7. The van der Waals surface area contributed by atoms with Gasteiger partial charge in [-0.25, -0.2) is 46.3 Å².